The monoisotopic (exact) mass is 427 g/mol. The standard InChI is InChI=1S/C17H15Cl2N3O2S2/c1-9-5-15(22-24-9)21-16(23)8-25-17-20-10(2)14(26-17)7-11-6-12(18)3-4-13(11)19/h3-6H,7-8H2,1-2H3,(H,21,22,23). The quantitative estimate of drug-likeness (QED) is 0.534. The van der Waals surface area contributed by atoms with E-state index in [0.717, 1.165) is 20.5 Å². The van der Waals surface area contributed by atoms with Gasteiger partial charge in [-0.3, -0.25) is 4.79 Å². The highest BCUT2D eigenvalue weighted by molar-refractivity contribution is 8.01. The molecule has 26 heavy (non-hydrogen) atoms. The van der Waals surface area contributed by atoms with Crippen molar-refractivity contribution < 1.29 is 9.32 Å². The Kier molecular flexibility index (Phi) is 6.24. The number of aryl methyl sites for hydroxylation is 2. The summed E-state index contributed by atoms with van der Waals surface area (Å²) in [4.78, 5) is 17.6. The van der Waals surface area contributed by atoms with Gasteiger partial charge in [0.05, 0.1) is 11.4 Å². The molecule has 0 saturated heterocycles. The molecule has 3 rings (SSSR count). The Labute approximate surface area is 169 Å². The van der Waals surface area contributed by atoms with Crippen molar-refractivity contribution in [2.45, 2.75) is 24.6 Å². The maximum atomic E-state index is 12.0. The van der Waals surface area contributed by atoms with Crippen LogP contribution in [0, 0.1) is 13.8 Å². The number of thioether (sulfide) groups is 1. The van der Waals surface area contributed by atoms with E-state index >= 15 is 0 Å². The molecule has 2 aromatic heterocycles. The molecule has 2 heterocycles. The van der Waals surface area contributed by atoms with E-state index in [9.17, 15) is 4.79 Å². The first-order valence-electron chi connectivity index (χ1n) is 7.67. The summed E-state index contributed by atoms with van der Waals surface area (Å²) in [5, 5.41) is 7.76. The van der Waals surface area contributed by atoms with Crippen molar-refractivity contribution in [1.29, 1.82) is 0 Å². The van der Waals surface area contributed by atoms with Gasteiger partial charge in [0.25, 0.3) is 0 Å². The average molecular weight is 428 g/mol. The molecule has 3 aromatic rings. The smallest absolute Gasteiger partial charge is 0.236 e. The second kappa shape index (κ2) is 8.43. The van der Waals surface area contributed by atoms with E-state index in [1.807, 2.05) is 13.0 Å². The molecule has 0 aliphatic carbocycles. The van der Waals surface area contributed by atoms with Gasteiger partial charge in [0.2, 0.25) is 5.91 Å². The van der Waals surface area contributed by atoms with Gasteiger partial charge in [-0.05, 0) is 37.6 Å². The molecule has 0 spiro atoms. The van der Waals surface area contributed by atoms with Gasteiger partial charge in [-0.2, -0.15) is 0 Å². The molecule has 1 N–H and O–H groups in total. The summed E-state index contributed by atoms with van der Waals surface area (Å²) in [6.07, 6.45) is 0.661. The summed E-state index contributed by atoms with van der Waals surface area (Å²) in [6.45, 7) is 3.72. The lowest BCUT2D eigenvalue weighted by Gasteiger charge is -2.03. The molecule has 0 aliphatic heterocycles. The number of hydrogen-bond acceptors (Lipinski definition) is 6. The lowest BCUT2D eigenvalue weighted by atomic mass is 10.1. The number of nitrogens with zero attached hydrogens (tertiary/aromatic N) is 2. The highest BCUT2D eigenvalue weighted by Crippen LogP contribution is 2.31. The van der Waals surface area contributed by atoms with Crippen LogP contribution in [0.25, 0.3) is 0 Å². The summed E-state index contributed by atoms with van der Waals surface area (Å²) in [5.74, 6) is 1.15. The second-order valence-electron chi connectivity index (χ2n) is 5.56. The van der Waals surface area contributed by atoms with Crippen LogP contribution in [0.15, 0.2) is 33.1 Å². The first kappa shape index (κ1) is 19.2. The van der Waals surface area contributed by atoms with Gasteiger partial charge in [0.15, 0.2) is 10.2 Å². The molecule has 0 aliphatic rings. The van der Waals surface area contributed by atoms with Crippen LogP contribution < -0.4 is 5.32 Å². The normalized spacial score (nSPS) is 10.9. The number of carbonyl (C=O) groups excluding carboxylic acids is 1. The fraction of sp³-hybridized carbons (Fsp3) is 0.235. The fourth-order valence-electron chi connectivity index (χ4n) is 2.21. The molecule has 9 heteroatoms. The van der Waals surface area contributed by atoms with Crippen molar-refractivity contribution in [3.63, 3.8) is 0 Å². The van der Waals surface area contributed by atoms with Crippen LogP contribution in [0.1, 0.15) is 21.9 Å². The lowest BCUT2D eigenvalue weighted by molar-refractivity contribution is -0.113. The maximum absolute atomic E-state index is 12.0. The summed E-state index contributed by atoms with van der Waals surface area (Å²) >= 11 is 15.2. The molecule has 0 saturated carbocycles. The number of nitrogens with one attached hydrogen (secondary N) is 1. The number of anilines is 1. The van der Waals surface area contributed by atoms with Crippen molar-refractivity contribution in [2.75, 3.05) is 11.1 Å². The summed E-state index contributed by atoms with van der Waals surface area (Å²) < 4.78 is 5.76. The van der Waals surface area contributed by atoms with Crippen LogP contribution in [0.4, 0.5) is 5.82 Å². The van der Waals surface area contributed by atoms with Gasteiger partial charge in [-0.15, -0.1) is 11.3 Å². The molecule has 1 amide bonds. The van der Waals surface area contributed by atoms with Crippen LogP contribution in [0.2, 0.25) is 10.0 Å². The molecule has 0 unspecified atom stereocenters. The zero-order valence-electron chi connectivity index (χ0n) is 14.0. The number of amides is 1. The van der Waals surface area contributed by atoms with Gasteiger partial charge in [0.1, 0.15) is 5.76 Å². The van der Waals surface area contributed by atoms with Crippen molar-refractivity contribution in [2.24, 2.45) is 0 Å². The van der Waals surface area contributed by atoms with E-state index in [1.165, 1.54) is 11.8 Å². The Balaban J connectivity index is 1.61. The van der Waals surface area contributed by atoms with Crippen LogP contribution in [-0.2, 0) is 11.2 Å². The van der Waals surface area contributed by atoms with E-state index in [-0.39, 0.29) is 11.7 Å². The van der Waals surface area contributed by atoms with Crippen molar-refractivity contribution in [3.05, 3.63) is 56.2 Å². The van der Waals surface area contributed by atoms with Crippen LogP contribution in [0.5, 0.6) is 0 Å². The zero-order valence-corrected chi connectivity index (χ0v) is 17.2. The molecular formula is C17H15Cl2N3O2S2. The predicted molar refractivity (Wildman–Crippen MR) is 107 cm³/mol. The average Bonchev–Trinajstić information content (AvgIpc) is 3.15. The number of halogens is 2. The molecule has 0 radical (unpaired) electrons. The minimum atomic E-state index is -0.157. The van der Waals surface area contributed by atoms with Crippen LogP contribution >= 0.6 is 46.3 Å². The largest absolute Gasteiger partial charge is 0.360 e. The fourth-order valence-corrected chi connectivity index (χ4v) is 4.65. The Morgan fingerprint density at radius 3 is 2.85 bits per heavy atom. The Hall–Kier alpha value is -1.54. The van der Waals surface area contributed by atoms with Crippen LogP contribution in [-0.4, -0.2) is 21.8 Å². The molecule has 0 bridgehead atoms. The number of benzene rings is 1. The Morgan fingerprint density at radius 2 is 2.12 bits per heavy atom. The first-order chi connectivity index (χ1) is 12.4. The van der Waals surface area contributed by atoms with Crippen LogP contribution in [0.3, 0.4) is 0 Å². The third-order valence-electron chi connectivity index (χ3n) is 3.45. The summed E-state index contributed by atoms with van der Waals surface area (Å²) in [6, 6.07) is 7.09. The molecule has 0 atom stereocenters. The highest BCUT2D eigenvalue weighted by atomic mass is 35.5. The maximum Gasteiger partial charge on any atom is 0.236 e. The third kappa shape index (κ3) is 5.01. The zero-order chi connectivity index (χ0) is 18.7. The number of aromatic nitrogens is 2. The van der Waals surface area contributed by atoms with E-state index in [1.54, 1.807) is 36.5 Å². The van der Waals surface area contributed by atoms with Gasteiger partial charge >= 0.3 is 0 Å². The highest BCUT2D eigenvalue weighted by Gasteiger charge is 2.13. The Bertz CT molecular complexity index is 940. The molecule has 1 aromatic carbocycles. The minimum absolute atomic E-state index is 0.157. The van der Waals surface area contributed by atoms with E-state index in [0.29, 0.717) is 28.0 Å². The van der Waals surface area contributed by atoms with E-state index < -0.39 is 0 Å². The van der Waals surface area contributed by atoms with Crippen molar-refractivity contribution >= 4 is 58.0 Å². The van der Waals surface area contributed by atoms with Gasteiger partial charge in [0, 0.05) is 27.4 Å². The second-order valence-corrected chi connectivity index (χ2v) is 8.71. The number of thiazole rings is 1. The van der Waals surface area contributed by atoms with Gasteiger partial charge in [-0.1, -0.05) is 40.1 Å². The summed E-state index contributed by atoms with van der Waals surface area (Å²) in [7, 11) is 0. The molecule has 136 valence electrons. The van der Waals surface area contributed by atoms with Crippen molar-refractivity contribution in [1.82, 2.24) is 10.1 Å². The first-order valence-corrected chi connectivity index (χ1v) is 10.2. The number of rotatable bonds is 6. The lowest BCUT2D eigenvalue weighted by Crippen LogP contribution is -2.14. The summed E-state index contributed by atoms with van der Waals surface area (Å²) in [5.41, 5.74) is 1.89. The molecule has 0 fully saturated rings. The molecule has 5 nitrogen and oxygen atoms in total. The predicted octanol–water partition coefficient (Wildman–Crippen LogP) is 5.38. The Morgan fingerprint density at radius 1 is 1.31 bits per heavy atom. The topological polar surface area (TPSA) is 68.0 Å². The van der Waals surface area contributed by atoms with E-state index in [4.69, 9.17) is 27.7 Å². The number of carbonyl (C=O) groups is 1. The van der Waals surface area contributed by atoms with Crippen molar-refractivity contribution in [3.8, 4) is 0 Å². The number of hydrogen-bond donors (Lipinski definition) is 1. The molecular weight excluding hydrogens is 413 g/mol. The van der Waals surface area contributed by atoms with Gasteiger partial charge in [-0.25, -0.2) is 4.98 Å². The van der Waals surface area contributed by atoms with Gasteiger partial charge < -0.3 is 9.84 Å². The minimum Gasteiger partial charge on any atom is -0.360 e. The van der Waals surface area contributed by atoms with E-state index in [2.05, 4.69) is 15.5 Å². The SMILES string of the molecule is Cc1cc(NC(=O)CSc2nc(C)c(Cc3cc(Cl)ccc3Cl)s2)no1. The third-order valence-corrected chi connectivity index (χ3v) is 6.36.